The van der Waals surface area contributed by atoms with Gasteiger partial charge in [0.25, 0.3) is 11.8 Å². The lowest BCUT2D eigenvalue weighted by Crippen LogP contribution is -2.23. The average molecular weight is 1380 g/mol. The molecule has 29 nitrogen and oxygen atoms in total. The number of carboxylic acids is 1. The van der Waals surface area contributed by atoms with Crippen LogP contribution in [0.4, 0.5) is 11.9 Å². The number of carbonyl (C=O) groups excluding carboxylic acids is 5. The average Bonchev–Trinajstić information content (AvgIpc) is 1.66. The van der Waals surface area contributed by atoms with Gasteiger partial charge in [0.05, 0.1) is 128 Å². The van der Waals surface area contributed by atoms with Crippen molar-refractivity contribution in [3.8, 4) is 0 Å². The number of anilines is 2. The van der Waals surface area contributed by atoms with Gasteiger partial charge >= 0.3 is 5.97 Å². The van der Waals surface area contributed by atoms with Crippen LogP contribution >= 0.6 is 0 Å². The zero-order chi connectivity index (χ0) is 71.5. The second-order valence-corrected chi connectivity index (χ2v) is 21.7. The molecule has 14 N–H and O–H groups in total. The van der Waals surface area contributed by atoms with Gasteiger partial charge in [0.2, 0.25) is 29.6 Å². The number of imidazole rings is 2. The summed E-state index contributed by atoms with van der Waals surface area (Å²) in [5, 5.41) is 17.3. The van der Waals surface area contributed by atoms with Crippen molar-refractivity contribution in [2.24, 2.45) is 28.7 Å². The summed E-state index contributed by atoms with van der Waals surface area (Å²) in [4.78, 5) is 80.7. The van der Waals surface area contributed by atoms with Crippen molar-refractivity contribution >= 4 is 81.6 Å². The second-order valence-electron chi connectivity index (χ2n) is 21.7. The Morgan fingerprint density at radius 1 is 0.434 bits per heavy atom. The number of nitrogens with one attached hydrogen (secondary N) is 3. The van der Waals surface area contributed by atoms with Crippen LogP contribution in [0.25, 0.3) is 34.2 Å². The number of aryl methyl sites for hydroxylation is 2. The van der Waals surface area contributed by atoms with E-state index in [-0.39, 0.29) is 17.0 Å². The van der Waals surface area contributed by atoms with Crippen molar-refractivity contribution in [1.29, 1.82) is 0 Å². The molecule has 0 aliphatic rings. The van der Waals surface area contributed by atoms with Gasteiger partial charge in [-0.15, -0.1) is 0 Å². The molecule has 0 fully saturated rings. The summed E-state index contributed by atoms with van der Waals surface area (Å²) in [6, 6.07) is 23.4. The topological polar surface area (TPSA) is 417 Å². The number of nitrogens with two attached hydrogens (primary N) is 5. The van der Waals surface area contributed by atoms with Gasteiger partial charge < -0.3 is 95.6 Å². The molecule has 5 amide bonds. The van der Waals surface area contributed by atoms with Gasteiger partial charge in [0.15, 0.2) is 0 Å². The highest BCUT2D eigenvalue weighted by molar-refractivity contribution is 6.07. The zero-order valence-corrected chi connectivity index (χ0v) is 57.2. The molecule has 4 aromatic carbocycles. The number of primary amides is 2. The van der Waals surface area contributed by atoms with Crippen molar-refractivity contribution in [2.45, 2.75) is 65.5 Å². The van der Waals surface area contributed by atoms with E-state index in [1.807, 2.05) is 47.2 Å². The van der Waals surface area contributed by atoms with Gasteiger partial charge in [0.1, 0.15) is 0 Å². The fourth-order valence-electron chi connectivity index (χ4n) is 8.87. The van der Waals surface area contributed by atoms with E-state index in [2.05, 4.69) is 25.9 Å². The van der Waals surface area contributed by atoms with E-state index in [9.17, 15) is 28.8 Å². The first-order valence-electron chi connectivity index (χ1n) is 33.4. The largest absolute Gasteiger partial charge is 0.478 e. The number of hydrogen-bond acceptors (Lipinski definition) is 21. The molecule has 6 rings (SSSR count). The third-order valence-electron chi connectivity index (χ3n) is 13.8. The Bertz CT molecular complexity index is 3360. The van der Waals surface area contributed by atoms with Crippen molar-refractivity contribution in [3.63, 3.8) is 0 Å². The smallest absolute Gasteiger partial charge is 0.328 e. The predicted molar refractivity (Wildman–Crippen MR) is 378 cm³/mol. The van der Waals surface area contributed by atoms with Gasteiger partial charge in [-0.25, -0.2) is 14.8 Å². The molecular formula is C70H102N12O17. The maximum Gasteiger partial charge on any atom is 0.328 e. The Kier molecular flexibility index (Phi) is 43.4. The maximum atomic E-state index is 12.9. The Morgan fingerprint density at radius 2 is 0.758 bits per heavy atom. The third-order valence-corrected chi connectivity index (χ3v) is 13.8. The van der Waals surface area contributed by atoms with E-state index in [0.29, 0.717) is 217 Å². The molecule has 2 aromatic heterocycles. The highest BCUT2D eigenvalue weighted by Gasteiger charge is 2.18. The maximum absolute atomic E-state index is 12.9. The quantitative estimate of drug-likeness (QED) is 0.0170. The zero-order valence-electron chi connectivity index (χ0n) is 57.2. The van der Waals surface area contributed by atoms with Gasteiger partial charge in [-0.2, -0.15) is 0 Å². The lowest BCUT2D eigenvalue weighted by Gasteiger charge is -2.09. The molecule has 6 aromatic rings. The number of ether oxygens (including phenoxy) is 10. The molecule has 0 spiro atoms. The molecule has 0 aliphatic carbocycles. The van der Waals surface area contributed by atoms with Gasteiger partial charge in [0, 0.05) is 80.5 Å². The standard InChI is InChI=1S/C35H50N6O8.C21H20N4O4.C14H32N2O5/c1-2-14-41-31-10-8-27(25-30(31)39-35(41)40-34(44)29-7-3-6-28(26-29)33(37)43)9-11-32(42)38-13-5-16-46-18-20-48-22-24-49-23-21-47-19-17-45-15-4-12-36;1-2-10-25-17-8-6-13(7-9-18(26)27)11-16(17)23-21(25)24-20(29)15-5-3-4-14(12-15)19(22)28;15-3-1-5-17-7-9-19-11-13-21-14-12-20-10-8-18-6-2-4-16/h3,6-11,25-26H,2,4-5,12-24,36H2,1H3,(H2,37,43)(H,38,42)(H,39,40,44);3-9,11-12H,2,10H2,1H3,(H2,22,28)(H,26,27)(H,23,24,29);1-16H2/b11-9+;9-7+;. The van der Waals surface area contributed by atoms with Crippen molar-refractivity contribution < 1.29 is 81.2 Å². The predicted octanol–water partition coefficient (Wildman–Crippen LogP) is 5.41. The summed E-state index contributed by atoms with van der Waals surface area (Å²) in [6.45, 7) is 19.0. The van der Waals surface area contributed by atoms with Crippen LogP contribution in [0.5, 0.6) is 0 Å². The highest BCUT2D eigenvalue weighted by Crippen LogP contribution is 2.25. The van der Waals surface area contributed by atoms with Crippen LogP contribution < -0.4 is 44.6 Å². The van der Waals surface area contributed by atoms with E-state index < -0.39 is 29.6 Å². The van der Waals surface area contributed by atoms with Gasteiger partial charge in [-0.3, -0.25) is 34.6 Å². The first-order chi connectivity index (χ1) is 48.2. The number of hydrogen-bond donors (Lipinski definition) is 9. The minimum absolute atomic E-state index is 0.215. The number of aromatic nitrogens is 4. The number of benzene rings is 4. The molecule has 0 aliphatic heterocycles. The Balaban J connectivity index is 0.000000351. The molecule has 0 saturated heterocycles. The van der Waals surface area contributed by atoms with Crippen LogP contribution in [0.15, 0.2) is 97.1 Å². The van der Waals surface area contributed by atoms with Crippen LogP contribution in [0.1, 0.15) is 105 Å². The fourth-order valence-corrected chi connectivity index (χ4v) is 8.87. The number of carbonyl (C=O) groups is 6. The van der Waals surface area contributed by atoms with Crippen LogP contribution in [-0.2, 0) is 70.0 Å². The van der Waals surface area contributed by atoms with E-state index >= 15 is 0 Å². The molecule has 0 radical (unpaired) electrons. The summed E-state index contributed by atoms with van der Waals surface area (Å²) in [6.07, 6.45) is 10.7. The molecular weight excluding hydrogens is 1280 g/mol. The summed E-state index contributed by atoms with van der Waals surface area (Å²) < 4.78 is 57.7. The second kappa shape index (κ2) is 51.7. The Labute approximate surface area is 578 Å². The van der Waals surface area contributed by atoms with Crippen LogP contribution in [0.2, 0.25) is 0 Å². The molecule has 0 bridgehead atoms. The van der Waals surface area contributed by atoms with E-state index in [1.165, 1.54) is 30.4 Å². The third kappa shape index (κ3) is 34.8. The van der Waals surface area contributed by atoms with E-state index in [1.54, 1.807) is 48.5 Å². The van der Waals surface area contributed by atoms with Crippen molar-refractivity contribution in [1.82, 2.24) is 24.4 Å². The summed E-state index contributed by atoms with van der Waals surface area (Å²) >= 11 is 0. The van der Waals surface area contributed by atoms with Crippen LogP contribution in [0, 0.1) is 0 Å². The fraction of sp³-hybridized carbons (Fsp3) is 0.486. The molecule has 29 heteroatoms. The number of rotatable bonds is 51. The normalized spacial score (nSPS) is 11.2. The first-order valence-corrected chi connectivity index (χ1v) is 33.4. The number of aliphatic carboxylic acids is 1. The lowest BCUT2D eigenvalue weighted by molar-refractivity contribution is -0.131. The number of nitrogens with zero attached hydrogens (tertiary/aromatic N) is 4. The van der Waals surface area contributed by atoms with E-state index in [4.69, 9.17) is 81.1 Å². The van der Waals surface area contributed by atoms with Gasteiger partial charge in [-0.05, 0) is 142 Å². The molecule has 99 heavy (non-hydrogen) atoms. The number of carboxylic acid groups (broad SMARTS) is 1. The summed E-state index contributed by atoms with van der Waals surface area (Å²) in [5.41, 5.74) is 32.3. The molecule has 2 heterocycles. The van der Waals surface area contributed by atoms with Crippen molar-refractivity contribution in [3.05, 3.63) is 130 Å². The first kappa shape index (κ1) is 83.0. The Hall–Kier alpha value is -8.40. The highest BCUT2D eigenvalue weighted by atomic mass is 16.6. The molecule has 544 valence electrons. The summed E-state index contributed by atoms with van der Waals surface area (Å²) in [7, 11) is 0. The van der Waals surface area contributed by atoms with Crippen LogP contribution in [-0.4, -0.2) is 218 Å². The molecule has 0 saturated carbocycles. The number of fused-ring (bicyclic) bond motifs is 2. The van der Waals surface area contributed by atoms with Gasteiger partial charge in [-0.1, -0.05) is 38.1 Å². The minimum Gasteiger partial charge on any atom is -0.478 e. The van der Waals surface area contributed by atoms with Crippen molar-refractivity contribution in [2.75, 3.05) is 169 Å². The minimum atomic E-state index is -1.03. The monoisotopic (exact) mass is 1380 g/mol. The Morgan fingerprint density at radius 3 is 1.08 bits per heavy atom. The summed E-state index contributed by atoms with van der Waals surface area (Å²) in [5.74, 6) is -2.52. The SMILES string of the molecule is CCCn1c(NC(=O)c2cccc(C(N)=O)c2)nc2cc(/C=C/C(=O)NCCCOCCOCCOCCOCCOCCCN)ccc21.CCCn1c(NC(=O)c2cccc(C(N)=O)c2)nc2cc(/C=C/C(=O)O)ccc21.NCCCOCCOCCOCCOCCOCCCN. The lowest BCUT2D eigenvalue weighted by atomic mass is 10.1. The molecule has 0 unspecified atom stereocenters. The van der Waals surface area contributed by atoms with E-state index in [0.717, 1.165) is 54.8 Å². The van der Waals surface area contributed by atoms with Crippen LogP contribution in [0.3, 0.4) is 0 Å². The molecule has 0 atom stereocenters. The number of amides is 5.